The van der Waals surface area contributed by atoms with E-state index in [4.69, 9.17) is 28.4 Å². The van der Waals surface area contributed by atoms with E-state index < -0.39 is 18.1 Å². The SMILES string of the molecule is O=C(NO)[C@@H]1C[C@@H](O)CN1C(=O)Cc1ccccc1Nc1c(Cl)cccc1Cl. The molecule has 1 heterocycles. The molecule has 1 fully saturated rings. The van der Waals surface area contributed by atoms with Crippen LogP contribution in [0.2, 0.25) is 10.0 Å². The van der Waals surface area contributed by atoms with Gasteiger partial charge in [-0.25, -0.2) is 5.48 Å². The van der Waals surface area contributed by atoms with Crippen LogP contribution in [-0.2, 0) is 16.0 Å². The van der Waals surface area contributed by atoms with Gasteiger partial charge in [-0.15, -0.1) is 0 Å². The third-order valence-corrected chi connectivity index (χ3v) is 5.22. The molecule has 7 nitrogen and oxygen atoms in total. The van der Waals surface area contributed by atoms with Gasteiger partial charge >= 0.3 is 0 Å². The van der Waals surface area contributed by atoms with E-state index in [1.54, 1.807) is 41.9 Å². The second-order valence-electron chi connectivity index (χ2n) is 6.48. The van der Waals surface area contributed by atoms with Crippen molar-refractivity contribution in [2.45, 2.75) is 25.0 Å². The van der Waals surface area contributed by atoms with Crippen molar-refractivity contribution in [3.05, 3.63) is 58.1 Å². The predicted molar refractivity (Wildman–Crippen MR) is 106 cm³/mol. The molecule has 0 radical (unpaired) electrons. The number of aliphatic hydroxyl groups is 1. The van der Waals surface area contributed by atoms with Crippen LogP contribution in [0.15, 0.2) is 42.5 Å². The maximum Gasteiger partial charge on any atom is 0.266 e. The lowest BCUT2D eigenvalue weighted by Gasteiger charge is -2.23. The Morgan fingerprint density at radius 2 is 1.79 bits per heavy atom. The highest BCUT2D eigenvalue weighted by atomic mass is 35.5. The number of aliphatic hydroxyl groups excluding tert-OH is 1. The fourth-order valence-electron chi connectivity index (χ4n) is 3.23. The van der Waals surface area contributed by atoms with Crippen molar-refractivity contribution in [2.24, 2.45) is 0 Å². The number of para-hydroxylation sites is 2. The summed E-state index contributed by atoms with van der Waals surface area (Å²) in [5.41, 5.74) is 3.40. The van der Waals surface area contributed by atoms with Gasteiger partial charge in [-0.05, 0) is 23.8 Å². The fourth-order valence-corrected chi connectivity index (χ4v) is 3.72. The highest BCUT2D eigenvalue weighted by molar-refractivity contribution is 6.39. The van der Waals surface area contributed by atoms with E-state index in [0.717, 1.165) is 0 Å². The van der Waals surface area contributed by atoms with Crippen molar-refractivity contribution in [1.29, 1.82) is 0 Å². The van der Waals surface area contributed by atoms with E-state index >= 15 is 0 Å². The van der Waals surface area contributed by atoms with Crippen molar-refractivity contribution in [3.8, 4) is 0 Å². The van der Waals surface area contributed by atoms with E-state index in [0.29, 0.717) is 27.0 Å². The number of nitrogens with zero attached hydrogens (tertiary/aromatic N) is 1. The summed E-state index contributed by atoms with van der Waals surface area (Å²) in [5, 5.41) is 22.8. The number of hydroxylamine groups is 1. The molecule has 3 rings (SSSR count). The average molecular weight is 424 g/mol. The van der Waals surface area contributed by atoms with Gasteiger partial charge < -0.3 is 15.3 Å². The maximum absolute atomic E-state index is 12.8. The van der Waals surface area contributed by atoms with Crippen molar-refractivity contribution >= 4 is 46.4 Å². The summed E-state index contributed by atoms with van der Waals surface area (Å²) >= 11 is 12.4. The predicted octanol–water partition coefficient (Wildman–Crippen LogP) is 2.75. The number of carbonyl (C=O) groups excluding carboxylic acids is 2. The van der Waals surface area contributed by atoms with Crippen molar-refractivity contribution < 1.29 is 19.9 Å². The summed E-state index contributed by atoms with van der Waals surface area (Å²) < 4.78 is 0. The number of halogens is 2. The Labute approximate surface area is 171 Å². The Hall–Kier alpha value is -2.32. The first kappa shape index (κ1) is 20.4. The molecule has 0 aromatic heterocycles. The van der Waals surface area contributed by atoms with E-state index in [-0.39, 0.29) is 25.3 Å². The molecule has 0 aliphatic carbocycles. The molecule has 0 bridgehead atoms. The van der Waals surface area contributed by atoms with E-state index in [1.165, 1.54) is 4.90 Å². The molecular weight excluding hydrogens is 405 g/mol. The molecule has 28 heavy (non-hydrogen) atoms. The van der Waals surface area contributed by atoms with Crippen LogP contribution in [0.1, 0.15) is 12.0 Å². The standard InChI is InChI=1S/C19H19Cl2N3O4/c20-13-5-3-6-14(21)18(13)22-15-7-2-1-4-11(15)8-17(26)24-10-12(25)9-16(24)19(27)23-28/h1-7,12,16,22,25,28H,8-10H2,(H,23,27)/t12-,16+/m1/s1. The molecular formula is C19H19Cl2N3O4. The minimum Gasteiger partial charge on any atom is -0.391 e. The van der Waals surface area contributed by atoms with Crippen molar-refractivity contribution in [1.82, 2.24) is 10.4 Å². The van der Waals surface area contributed by atoms with Gasteiger partial charge in [-0.1, -0.05) is 47.5 Å². The average Bonchev–Trinajstić information content (AvgIpc) is 3.07. The van der Waals surface area contributed by atoms with E-state index in [1.807, 2.05) is 6.07 Å². The Morgan fingerprint density at radius 3 is 2.46 bits per heavy atom. The van der Waals surface area contributed by atoms with Gasteiger partial charge in [0.25, 0.3) is 5.91 Å². The Kier molecular flexibility index (Phi) is 6.41. The first-order valence-electron chi connectivity index (χ1n) is 8.61. The highest BCUT2D eigenvalue weighted by Crippen LogP contribution is 2.34. The number of carbonyl (C=O) groups is 2. The minimum absolute atomic E-state index is 0.00677. The van der Waals surface area contributed by atoms with Crippen molar-refractivity contribution in [3.63, 3.8) is 0 Å². The largest absolute Gasteiger partial charge is 0.391 e. The van der Waals surface area contributed by atoms with Crippen LogP contribution in [0.5, 0.6) is 0 Å². The molecule has 2 amide bonds. The lowest BCUT2D eigenvalue weighted by Crippen LogP contribution is -2.45. The number of nitrogens with one attached hydrogen (secondary N) is 2. The second kappa shape index (κ2) is 8.79. The first-order chi connectivity index (χ1) is 13.4. The number of amides is 2. The van der Waals surface area contributed by atoms with Gasteiger partial charge in [0.2, 0.25) is 5.91 Å². The highest BCUT2D eigenvalue weighted by Gasteiger charge is 2.38. The fraction of sp³-hybridized carbons (Fsp3) is 0.263. The Bertz CT molecular complexity index is 873. The van der Waals surface area contributed by atoms with Gasteiger partial charge in [0, 0.05) is 18.7 Å². The number of benzene rings is 2. The maximum atomic E-state index is 12.8. The topological polar surface area (TPSA) is 102 Å². The molecule has 0 unspecified atom stereocenters. The zero-order valence-corrected chi connectivity index (χ0v) is 16.2. The van der Waals surface area contributed by atoms with Crippen molar-refractivity contribution in [2.75, 3.05) is 11.9 Å². The summed E-state index contributed by atoms with van der Waals surface area (Å²) in [5.74, 6) is -1.07. The summed E-state index contributed by atoms with van der Waals surface area (Å²) in [6.07, 6.45) is -0.748. The molecule has 2 atom stereocenters. The lowest BCUT2D eigenvalue weighted by molar-refractivity contribution is -0.142. The molecule has 0 saturated carbocycles. The minimum atomic E-state index is -0.911. The molecule has 1 aliphatic heterocycles. The number of hydrogen-bond acceptors (Lipinski definition) is 5. The lowest BCUT2D eigenvalue weighted by atomic mass is 10.1. The number of likely N-dealkylation sites (tertiary alicyclic amines) is 1. The van der Waals surface area contributed by atoms with Gasteiger partial charge in [-0.2, -0.15) is 0 Å². The Morgan fingerprint density at radius 1 is 1.11 bits per heavy atom. The van der Waals surface area contributed by atoms with Crippen LogP contribution in [0.4, 0.5) is 11.4 Å². The second-order valence-corrected chi connectivity index (χ2v) is 7.30. The third kappa shape index (κ3) is 4.39. The van der Waals surface area contributed by atoms with Gasteiger partial charge in [0.1, 0.15) is 6.04 Å². The molecule has 2 aromatic rings. The van der Waals surface area contributed by atoms with Crippen LogP contribution < -0.4 is 10.8 Å². The normalized spacial score (nSPS) is 18.8. The van der Waals surface area contributed by atoms with E-state index in [9.17, 15) is 14.7 Å². The number of rotatable bonds is 5. The summed E-state index contributed by atoms with van der Waals surface area (Å²) in [4.78, 5) is 25.9. The van der Waals surface area contributed by atoms with E-state index in [2.05, 4.69) is 5.32 Å². The van der Waals surface area contributed by atoms with Crippen LogP contribution in [0, 0.1) is 0 Å². The summed E-state index contributed by atoms with van der Waals surface area (Å²) in [7, 11) is 0. The molecule has 1 saturated heterocycles. The molecule has 0 spiro atoms. The molecule has 2 aromatic carbocycles. The smallest absolute Gasteiger partial charge is 0.266 e. The van der Waals surface area contributed by atoms with Gasteiger partial charge in [0.05, 0.1) is 28.3 Å². The number of hydrogen-bond donors (Lipinski definition) is 4. The monoisotopic (exact) mass is 423 g/mol. The zero-order valence-electron chi connectivity index (χ0n) is 14.7. The van der Waals surface area contributed by atoms with Gasteiger partial charge in [0.15, 0.2) is 0 Å². The number of β-amino-alcohol motifs (C(OH)–C–C–N with tert-alkyl or cyclic N) is 1. The molecule has 9 heteroatoms. The summed E-state index contributed by atoms with van der Waals surface area (Å²) in [6, 6.07) is 11.4. The molecule has 1 aliphatic rings. The van der Waals surface area contributed by atoms with Crippen LogP contribution in [-0.4, -0.2) is 45.7 Å². The van der Waals surface area contributed by atoms with Gasteiger partial charge in [-0.3, -0.25) is 14.8 Å². The summed E-state index contributed by atoms with van der Waals surface area (Å²) in [6.45, 7) is 0.0306. The molecule has 148 valence electrons. The quantitative estimate of drug-likeness (QED) is 0.437. The first-order valence-corrected chi connectivity index (χ1v) is 9.36. The van der Waals surface area contributed by atoms with Crippen LogP contribution in [0.3, 0.4) is 0 Å². The zero-order chi connectivity index (χ0) is 20.3. The number of anilines is 2. The van der Waals surface area contributed by atoms with Crippen LogP contribution >= 0.6 is 23.2 Å². The molecule has 4 N–H and O–H groups in total. The third-order valence-electron chi connectivity index (χ3n) is 4.59. The Balaban J connectivity index is 1.81. The van der Waals surface area contributed by atoms with Crippen LogP contribution in [0.25, 0.3) is 0 Å².